The third-order valence-electron chi connectivity index (χ3n) is 7.92. The van der Waals surface area contributed by atoms with E-state index < -0.39 is 17.8 Å². The Hall–Kier alpha value is -5.17. The van der Waals surface area contributed by atoms with E-state index in [-0.39, 0.29) is 29.5 Å². The van der Waals surface area contributed by atoms with Crippen LogP contribution in [-0.2, 0) is 12.6 Å². The number of aryl methyl sites for hydroxylation is 1. The van der Waals surface area contributed by atoms with Crippen molar-refractivity contribution in [3.05, 3.63) is 71.3 Å². The van der Waals surface area contributed by atoms with Gasteiger partial charge in [-0.3, -0.25) is 9.67 Å². The zero-order valence-electron chi connectivity index (χ0n) is 24.5. The summed E-state index contributed by atoms with van der Waals surface area (Å²) >= 11 is 0. The van der Waals surface area contributed by atoms with Crippen LogP contribution in [0.2, 0.25) is 0 Å². The van der Waals surface area contributed by atoms with Gasteiger partial charge in [0.1, 0.15) is 17.8 Å². The molecule has 1 unspecified atom stereocenters. The van der Waals surface area contributed by atoms with Crippen LogP contribution in [-0.4, -0.2) is 42.5 Å². The molecule has 0 amide bonds. The predicted molar refractivity (Wildman–Crippen MR) is 159 cm³/mol. The summed E-state index contributed by atoms with van der Waals surface area (Å²) in [7, 11) is 1.79. The van der Waals surface area contributed by atoms with Gasteiger partial charge >= 0.3 is 6.18 Å². The number of nitrogens with zero attached hydrogens (tertiary/aromatic N) is 8. The van der Waals surface area contributed by atoms with Crippen LogP contribution in [0.1, 0.15) is 62.0 Å². The molecule has 224 valence electrons. The van der Waals surface area contributed by atoms with Gasteiger partial charge in [0.25, 0.3) is 0 Å². The van der Waals surface area contributed by atoms with Gasteiger partial charge in [-0.15, -0.1) is 5.10 Å². The molecule has 1 aliphatic rings. The molecular weight excluding hydrogens is 569 g/mol. The van der Waals surface area contributed by atoms with E-state index in [2.05, 4.69) is 63.9 Å². The van der Waals surface area contributed by atoms with E-state index in [0.29, 0.717) is 39.9 Å². The highest BCUT2D eigenvalue weighted by atomic mass is 19.4. The van der Waals surface area contributed by atoms with Crippen molar-refractivity contribution in [2.45, 2.75) is 51.4 Å². The zero-order valence-corrected chi connectivity index (χ0v) is 24.5. The molecular formula is C31H29F3N10. The molecule has 10 nitrogen and oxygen atoms in total. The Bertz CT molecular complexity index is 1980. The molecule has 2 N–H and O–H groups in total. The SMILES string of the molecule is Cn1ncc2cccc(C(Nc3cc(C#N)c4ncc(C#N)c(NCC(C)(C)C)c4c3)c3cn(C4(C(F)(F)F)CC4)nn3)c21. The molecule has 3 heterocycles. The number of rotatable bonds is 7. The highest BCUT2D eigenvalue weighted by Gasteiger charge is 2.66. The monoisotopic (exact) mass is 598 g/mol. The van der Waals surface area contributed by atoms with Gasteiger partial charge < -0.3 is 10.6 Å². The summed E-state index contributed by atoms with van der Waals surface area (Å²) < 4.78 is 44.5. The Labute approximate surface area is 251 Å². The van der Waals surface area contributed by atoms with E-state index in [9.17, 15) is 23.7 Å². The van der Waals surface area contributed by atoms with Gasteiger partial charge in [-0.1, -0.05) is 44.2 Å². The number of anilines is 2. The van der Waals surface area contributed by atoms with Crippen LogP contribution < -0.4 is 10.6 Å². The number of hydrogen-bond acceptors (Lipinski definition) is 8. The van der Waals surface area contributed by atoms with E-state index in [1.54, 1.807) is 30.1 Å². The number of halogens is 3. The average molecular weight is 599 g/mol. The smallest absolute Gasteiger partial charge is 0.383 e. The molecule has 1 atom stereocenters. The van der Waals surface area contributed by atoms with Crippen LogP contribution >= 0.6 is 0 Å². The van der Waals surface area contributed by atoms with Gasteiger partial charge in [0.15, 0.2) is 5.54 Å². The third-order valence-corrected chi connectivity index (χ3v) is 7.92. The van der Waals surface area contributed by atoms with Gasteiger partial charge in [0, 0.05) is 41.8 Å². The minimum atomic E-state index is -4.47. The van der Waals surface area contributed by atoms with E-state index in [0.717, 1.165) is 15.6 Å². The Morgan fingerprint density at radius 2 is 1.82 bits per heavy atom. The lowest BCUT2D eigenvalue weighted by Gasteiger charge is -2.23. The average Bonchev–Trinajstić information content (AvgIpc) is 3.52. The first-order valence-electron chi connectivity index (χ1n) is 14.0. The lowest BCUT2D eigenvalue weighted by atomic mass is 9.96. The minimum absolute atomic E-state index is 0.0660. The topological polar surface area (TPSA) is 133 Å². The maximum absolute atomic E-state index is 14.0. The van der Waals surface area contributed by atoms with Crippen molar-refractivity contribution in [2.75, 3.05) is 17.2 Å². The van der Waals surface area contributed by atoms with Gasteiger partial charge in [-0.2, -0.15) is 28.8 Å². The molecule has 13 heteroatoms. The van der Waals surface area contributed by atoms with Crippen LogP contribution in [0.25, 0.3) is 21.8 Å². The summed E-state index contributed by atoms with van der Waals surface area (Å²) in [6.07, 6.45) is -0.107. The van der Waals surface area contributed by atoms with E-state index in [1.807, 2.05) is 18.2 Å². The molecule has 0 spiro atoms. The summed E-state index contributed by atoms with van der Waals surface area (Å²) in [5.74, 6) is 0. The van der Waals surface area contributed by atoms with Crippen molar-refractivity contribution in [1.82, 2.24) is 29.8 Å². The highest BCUT2D eigenvalue weighted by molar-refractivity contribution is 5.99. The van der Waals surface area contributed by atoms with Crippen molar-refractivity contribution in [3.63, 3.8) is 0 Å². The largest absolute Gasteiger partial charge is 0.413 e. The van der Waals surface area contributed by atoms with E-state index >= 15 is 0 Å². The first-order valence-corrected chi connectivity index (χ1v) is 14.0. The van der Waals surface area contributed by atoms with Crippen LogP contribution in [0.15, 0.2) is 48.9 Å². The Balaban J connectivity index is 1.51. The fraction of sp³-hybridized carbons (Fsp3) is 0.355. The predicted octanol–water partition coefficient (Wildman–Crippen LogP) is 6.17. The molecule has 5 aromatic rings. The molecule has 0 radical (unpaired) electrons. The molecule has 1 fully saturated rings. The zero-order chi connectivity index (χ0) is 31.4. The fourth-order valence-electron chi connectivity index (χ4n) is 5.45. The Morgan fingerprint density at radius 3 is 2.48 bits per heavy atom. The van der Waals surface area contributed by atoms with Crippen molar-refractivity contribution in [3.8, 4) is 12.1 Å². The Kier molecular flexibility index (Phi) is 6.72. The van der Waals surface area contributed by atoms with Gasteiger partial charge in [0.05, 0.1) is 46.3 Å². The van der Waals surface area contributed by atoms with Crippen molar-refractivity contribution < 1.29 is 13.2 Å². The molecule has 1 saturated carbocycles. The number of benzene rings is 2. The molecule has 6 rings (SSSR count). The molecule has 0 bridgehead atoms. The third kappa shape index (κ3) is 4.94. The van der Waals surface area contributed by atoms with Crippen molar-refractivity contribution >= 4 is 33.2 Å². The normalized spacial score (nSPS) is 15.1. The number of hydrogen-bond donors (Lipinski definition) is 2. The minimum Gasteiger partial charge on any atom is -0.383 e. The molecule has 44 heavy (non-hydrogen) atoms. The number of nitrogens with one attached hydrogen (secondary N) is 2. The van der Waals surface area contributed by atoms with Gasteiger partial charge in [-0.05, 0) is 30.4 Å². The lowest BCUT2D eigenvalue weighted by molar-refractivity contribution is -0.182. The first-order chi connectivity index (χ1) is 20.8. The maximum Gasteiger partial charge on any atom is 0.413 e. The van der Waals surface area contributed by atoms with E-state index in [1.165, 1.54) is 12.4 Å². The summed E-state index contributed by atoms with van der Waals surface area (Å²) in [6, 6.07) is 12.6. The second-order valence-corrected chi connectivity index (χ2v) is 12.4. The number of nitriles is 2. The van der Waals surface area contributed by atoms with Crippen LogP contribution in [0.4, 0.5) is 24.5 Å². The fourth-order valence-corrected chi connectivity index (χ4v) is 5.45. The quantitative estimate of drug-likeness (QED) is 0.227. The summed E-state index contributed by atoms with van der Waals surface area (Å²) in [4.78, 5) is 4.41. The number of pyridine rings is 1. The summed E-state index contributed by atoms with van der Waals surface area (Å²) in [6.45, 7) is 6.73. The van der Waals surface area contributed by atoms with Gasteiger partial charge in [-0.25, -0.2) is 4.68 Å². The van der Waals surface area contributed by atoms with Crippen LogP contribution in [0, 0.1) is 28.1 Å². The molecule has 0 saturated heterocycles. The highest BCUT2D eigenvalue weighted by Crippen LogP contribution is 2.55. The summed E-state index contributed by atoms with van der Waals surface area (Å²) in [5, 5.41) is 40.7. The summed E-state index contributed by atoms with van der Waals surface area (Å²) in [5.41, 5.74) is 1.61. The van der Waals surface area contributed by atoms with Crippen LogP contribution in [0.3, 0.4) is 0 Å². The molecule has 1 aliphatic carbocycles. The maximum atomic E-state index is 14.0. The molecule has 2 aromatic carbocycles. The standard InChI is InChI=1S/C31H29F3N10/c1-29(2,3)17-38-26-20(13-36)14-37-25-19(12-35)10-21(11-23(25)26)40-27(22-7-5-6-18-15-39-43(4)28(18)22)24-16-44(42-41-24)30(8-9-30)31(32,33)34/h5-7,10-11,14-16,27,40H,8-9,17H2,1-4H3,(H,37,38). The number of fused-ring (bicyclic) bond motifs is 2. The van der Waals surface area contributed by atoms with Crippen molar-refractivity contribution in [1.29, 1.82) is 10.5 Å². The first kappa shape index (κ1) is 28.9. The number of aromatic nitrogens is 6. The second kappa shape index (κ2) is 10.2. The molecule has 0 aliphatic heterocycles. The van der Waals surface area contributed by atoms with Crippen molar-refractivity contribution in [2.24, 2.45) is 12.5 Å². The number of alkyl halides is 3. The Morgan fingerprint density at radius 1 is 1.07 bits per heavy atom. The molecule has 3 aromatic heterocycles. The number of para-hydroxylation sites is 1. The lowest BCUT2D eigenvalue weighted by Crippen LogP contribution is -2.35. The van der Waals surface area contributed by atoms with Gasteiger partial charge in [0.2, 0.25) is 0 Å². The van der Waals surface area contributed by atoms with E-state index in [4.69, 9.17) is 0 Å². The van der Waals surface area contributed by atoms with Crippen LogP contribution in [0.5, 0.6) is 0 Å². The second-order valence-electron chi connectivity index (χ2n) is 12.4.